The highest BCUT2D eigenvalue weighted by molar-refractivity contribution is 5.62. The lowest BCUT2D eigenvalue weighted by Gasteiger charge is -2.11. The average molecular weight is 267 g/mol. The molecule has 100 valence electrons. The predicted molar refractivity (Wildman–Crippen MR) is 62.1 cm³/mol. The molecule has 1 saturated heterocycles. The molecule has 1 aliphatic rings. The van der Waals surface area contributed by atoms with Crippen LogP contribution in [0.5, 0.6) is 0 Å². The third-order valence-corrected chi connectivity index (χ3v) is 3.07. The van der Waals surface area contributed by atoms with Crippen molar-refractivity contribution in [2.75, 3.05) is 18.9 Å². The maximum Gasteiger partial charge on any atom is 0.185 e. The zero-order valence-electron chi connectivity index (χ0n) is 9.88. The largest absolute Gasteiger partial charge is 0.396 e. The summed E-state index contributed by atoms with van der Waals surface area (Å²) in [6.45, 7) is 1.08. The molecule has 2 aromatic rings. The molecular weight excluding hydrogens is 256 g/mol. The van der Waals surface area contributed by atoms with Crippen LogP contribution in [0, 0.1) is 11.6 Å². The van der Waals surface area contributed by atoms with E-state index in [0.717, 1.165) is 12.5 Å². The molecule has 0 aliphatic carbocycles. The van der Waals surface area contributed by atoms with E-state index in [2.05, 4.69) is 15.5 Å². The van der Waals surface area contributed by atoms with Crippen LogP contribution in [0.1, 0.15) is 12.5 Å². The molecule has 2 N–H and O–H groups in total. The van der Waals surface area contributed by atoms with E-state index in [1.54, 1.807) is 0 Å². The van der Waals surface area contributed by atoms with Gasteiger partial charge in [0.1, 0.15) is 11.6 Å². The Bertz CT molecular complexity index is 609. The number of hydrogen-bond donors (Lipinski definition) is 1. The first-order valence-corrected chi connectivity index (χ1v) is 5.77. The van der Waals surface area contributed by atoms with Crippen LogP contribution in [0.3, 0.4) is 0 Å². The summed E-state index contributed by atoms with van der Waals surface area (Å²) in [4.78, 5) is 0. The molecule has 8 heteroatoms. The SMILES string of the molecule is Nc1cc(-c2nnnn2C2CCOC2)c(F)cc1F. The summed E-state index contributed by atoms with van der Waals surface area (Å²) in [5, 5.41) is 11.2. The van der Waals surface area contributed by atoms with Crippen LogP contribution in [0.15, 0.2) is 12.1 Å². The van der Waals surface area contributed by atoms with Gasteiger partial charge in [0.05, 0.1) is 23.9 Å². The van der Waals surface area contributed by atoms with Gasteiger partial charge in [0, 0.05) is 12.7 Å². The van der Waals surface area contributed by atoms with Crippen molar-refractivity contribution in [3.63, 3.8) is 0 Å². The number of halogens is 2. The van der Waals surface area contributed by atoms with Gasteiger partial charge >= 0.3 is 0 Å². The van der Waals surface area contributed by atoms with Gasteiger partial charge in [-0.25, -0.2) is 13.5 Å². The van der Waals surface area contributed by atoms with Gasteiger partial charge < -0.3 is 10.5 Å². The lowest BCUT2D eigenvalue weighted by molar-refractivity contribution is 0.184. The minimum atomic E-state index is -0.801. The molecule has 2 heterocycles. The fraction of sp³-hybridized carbons (Fsp3) is 0.364. The monoisotopic (exact) mass is 267 g/mol. The van der Waals surface area contributed by atoms with Crippen molar-refractivity contribution in [3.05, 3.63) is 23.8 Å². The molecule has 1 fully saturated rings. The summed E-state index contributed by atoms with van der Waals surface area (Å²) in [5.74, 6) is -1.33. The molecule has 0 amide bonds. The minimum Gasteiger partial charge on any atom is -0.396 e. The quantitative estimate of drug-likeness (QED) is 0.826. The Hall–Kier alpha value is -2.09. The van der Waals surface area contributed by atoms with Crippen molar-refractivity contribution < 1.29 is 13.5 Å². The second-order valence-corrected chi connectivity index (χ2v) is 4.32. The standard InChI is InChI=1S/C11H11F2N5O/c12-8-4-9(13)10(14)3-7(8)11-15-16-17-18(11)6-1-2-19-5-6/h3-4,6H,1-2,5,14H2. The molecule has 0 radical (unpaired) electrons. The van der Waals surface area contributed by atoms with E-state index in [0.29, 0.717) is 13.2 Å². The number of tetrazole rings is 1. The van der Waals surface area contributed by atoms with Crippen molar-refractivity contribution in [1.82, 2.24) is 20.2 Å². The van der Waals surface area contributed by atoms with Crippen LogP contribution in [-0.2, 0) is 4.74 Å². The zero-order valence-corrected chi connectivity index (χ0v) is 9.88. The van der Waals surface area contributed by atoms with E-state index in [1.165, 1.54) is 10.7 Å². The first-order valence-electron chi connectivity index (χ1n) is 5.77. The summed E-state index contributed by atoms with van der Waals surface area (Å²) in [7, 11) is 0. The maximum absolute atomic E-state index is 13.8. The van der Waals surface area contributed by atoms with E-state index in [4.69, 9.17) is 10.5 Å². The molecule has 0 saturated carbocycles. The summed E-state index contributed by atoms with van der Waals surface area (Å²) in [5.41, 5.74) is 5.39. The van der Waals surface area contributed by atoms with Crippen LogP contribution in [0.25, 0.3) is 11.4 Å². The normalized spacial score (nSPS) is 18.9. The smallest absolute Gasteiger partial charge is 0.185 e. The Balaban J connectivity index is 2.07. The van der Waals surface area contributed by atoms with Crippen molar-refractivity contribution in [2.24, 2.45) is 0 Å². The summed E-state index contributed by atoms with van der Waals surface area (Å²) < 4.78 is 33.7. The van der Waals surface area contributed by atoms with Gasteiger partial charge in [-0.2, -0.15) is 0 Å². The highest BCUT2D eigenvalue weighted by Crippen LogP contribution is 2.28. The molecular formula is C11H11F2N5O. The third kappa shape index (κ3) is 2.03. The second kappa shape index (κ2) is 4.54. The van der Waals surface area contributed by atoms with Crippen LogP contribution < -0.4 is 5.73 Å². The maximum atomic E-state index is 13.8. The molecule has 19 heavy (non-hydrogen) atoms. The van der Waals surface area contributed by atoms with Gasteiger partial charge in [-0.15, -0.1) is 5.10 Å². The highest BCUT2D eigenvalue weighted by Gasteiger charge is 2.24. The Labute approximate surface area is 107 Å². The fourth-order valence-corrected chi connectivity index (χ4v) is 2.07. The third-order valence-electron chi connectivity index (χ3n) is 3.07. The van der Waals surface area contributed by atoms with Crippen molar-refractivity contribution in [3.8, 4) is 11.4 Å². The molecule has 0 bridgehead atoms. The highest BCUT2D eigenvalue weighted by atomic mass is 19.1. The first-order chi connectivity index (χ1) is 9.16. The molecule has 1 atom stereocenters. The van der Waals surface area contributed by atoms with Gasteiger partial charge in [0.15, 0.2) is 5.82 Å². The minimum absolute atomic E-state index is 0.0457. The Morgan fingerprint density at radius 3 is 2.89 bits per heavy atom. The number of nitrogen functional groups attached to an aromatic ring is 1. The van der Waals surface area contributed by atoms with Crippen LogP contribution in [0.2, 0.25) is 0 Å². The summed E-state index contributed by atoms with van der Waals surface area (Å²) in [6.07, 6.45) is 0.746. The summed E-state index contributed by atoms with van der Waals surface area (Å²) >= 11 is 0. The van der Waals surface area contributed by atoms with Crippen molar-refractivity contribution in [2.45, 2.75) is 12.5 Å². The lowest BCUT2D eigenvalue weighted by Crippen LogP contribution is -2.12. The Kier molecular flexibility index (Phi) is 2.86. The number of hydrogen-bond acceptors (Lipinski definition) is 5. The van der Waals surface area contributed by atoms with Crippen molar-refractivity contribution in [1.29, 1.82) is 0 Å². The van der Waals surface area contributed by atoms with E-state index < -0.39 is 11.6 Å². The molecule has 1 aromatic heterocycles. The predicted octanol–water partition coefficient (Wildman–Crippen LogP) is 1.16. The van der Waals surface area contributed by atoms with Crippen LogP contribution >= 0.6 is 0 Å². The van der Waals surface area contributed by atoms with E-state index >= 15 is 0 Å². The number of aromatic nitrogens is 4. The molecule has 1 aromatic carbocycles. The van der Waals surface area contributed by atoms with Gasteiger partial charge in [-0.1, -0.05) is 0 Å². The second-order valence-electron chi connectivity index (χ2n) is 4.32. The molecule has 1 aliphatic heterocycles. The van der Waals surface area contributed by atoms with Crippen molar-refractivity contribution >= 4 is 5.69 Å². The van der Waals surface area contributed by atoms with Crippen LogP contribution in [-0.4, -0.2) is 33.4 Å². The topological polar surface area (TPSA) is 78.9 Å². The molecule has 1 unspecified atom stereocenters. The average Bonchev–Trinajstić information content (AvgIpc) is 3.03. The number of anilines is 1. The number of rotatable bonds is 2. The summed E-state index contributed by atoms with van der Waals surface area (Å²) in [6, 6.07) is 1.88. The van der Waals surface area contributed by atoms with E-state index in [9.17, 15) is 8.78 Å². The Morgan fingerprint density at radius 2 is 2.16 bits per heavy atom. The van der Waals surface area contributed by atoms with Gasteiger partial charge in [-0.05, 0) is 22.9 Å². The first kappa shape index (κ1) is 12.0. The number of nitrogens with two attached hydrogens (primary N) is 1. The lowest BCUT2D eigenvalue weighted by atomic mass is 10.1. The van der Waals surface area contributed by atoms with Crippen LogP contribution in [0.4, 0.5) is 14.5 Å². The molecule has 0 spiro atoms. The molecule has 6 nitrogen and oxygen atoms in total. The van der Waals surface area contributed by atoms with Gasteiger partial charge in [0.25, 0.3) is 0 Å². The fourth-order valence-electron chi connectivity index (χ4n) is 2.07. The van der Waals surface area contributed by atoms with Gasteiger partial charge in [-0.3, -0.25) is 0 Å². The number of ether oxygens (including phenoxy) is 1. The zero-order chi connectivity index (χ0) is 13.4. The Morgan fingerprint density at radius 1 is 1.32 bits per heavy atom. The van der Waals surface area contributed by atoms with Gasteiger partial charge in [0.2, 0.25) is 0 Å². The van der Waals surface area contributed by atoms with E-state index in [-0.39, 0.29) is 23.1 Å². The number of nitrogens with zero attached hydrogens (tertiary/aromatic N) is 4. The number of benzene rings is 1. The van der Waals surface area contributed by atoms with E-state index in [1.807, 2.05) is 0 Å². The molecule has 3 rings (SSSR count).